The van der Waals surface area contributed by atoms with E-state index in [9.17, 15) is 4.79 Å². The van der Waals surface area contributed by atoms with E-state index < -0.39 is 12.0 Å². The zero-order chi connectivity index (χ0) is 16.1. The SMILES string of the molecule is NC(=O)C1CN(c2cncc(SCc3ccccc3)n2)CCO1. The van der Waals surface area contributed by atoms with E-state index in [2.05, 4.69) is 22.1 Å². The summed E-state index contributed by atoms with van der Waals surface area (Å²) >= 11 is 1.64. The second-order valence-corrected chi connectivity index (χ2v) is 6.19. The zero-order valence-electron chi connectivity index (χ0n) is 12.6. The molecule has 1 fully saturated rings. The first-order valence-electron chi connectivity index (χ1n) is 7.37. The van der Waals surface area contributed by atoms with Crippen molar-refractivity contribution < 1.29 is 9.53 Å². The Morgan fingerprint density at radius 2 is 2.17 bits per heavy atom. The standard InChI is InChI=1S/C16H18N4O2S/c17-16(21)13-10-20(6-7-22-13)14-8-18-9-15(19-14)23-11-12-4-2-1-3-5-12/h1-5,8-9,13H,6-7,10-11H2,(H2,17,21). The van der Waals surface area contributed by atoms with Crippen molar-refractivity contribution in [3.05, 3.63) is 48.3 Å². The van der Waals surface area contributed by atoms with Gasteiger partial charge in [0.2, 0.25) is 5.91 Å². The highest BCUT2D eigenvalue weighted by molar-refractivity contribution is 7.98. The molecule has 1 amide bonds. The van der Waals surface area contributed by atoms with E-state index in [1.54, 1.807) is 24.2 Å². The van der Waals surface area contributed by atoms with Crippen LogP contribution in [0.3, 0.4) is 0 Å². The van der Waals surface area contributed by atoms with E-state index in [1.807, 2.05) is 23.1 Å². The molecule has 0 bridgehead atoms. The summed E-state index contributed by atoms with van der Waals surface area (Å²) in [6.07, 6.45) is 2.87. The molecule has 2 N–H and O–H groups in total. The van der Waals surface area contributed by atoms with Gasteiger partial charge in [-0.15, -0.1) is 11.8 Å². The van der Waals surface area contributed by atoms with Crippen LogP contribution in [0.1, 0.15) is 5.56 Å². The number of aromatic nitrogens is 2. The molecule has 1 unspecified atom stereocenters. The lowest BCUT2D eigenvalue weighted by molar-refractivity contribution is -0.130. The number of thioether (sulfide) groups is 1. The third-order valence-corrected chi connectivity index (χ3v) is 4.51. The normalized spacial score (nSPS) is 17.9. The number of anilines is 1. The van der Waals surface area contributed by atoms with Gasteiger partial charge in [-0.3, -0.25) is 9.78 Å². The number of hydrogen-bond acceptors (Lipinski definition) is 6. The third-order valence-electron chi connectivity index (χ3n) is 3.54. The first-order chi connectivity index (χ1) is 11.2. The van der Waals surface area contributed by atoms with Crippen LogP contribution < -0.4 is 10.6 Å². The molecular formula is C16H18N4O2S. The molecule has 1 aromatic carbocycles. The second kappa shape index (κ2) is 7.43. The molecule has 7 heteroatoms. The second-order valence-electron chi connectivity index (χ2n) is 5.20. The number of morpholine rings is 1. The molecule has 1 aliphatic rings. The Bertz CT molecular complexity index is 668. The fourth-order valence-corrected chi connectivity index (χ4v) is 3.12. The minimum absolute atomic E-state index is 0.414. The molecule has 3 rings (SSSR count). The van der Waals surface area contributed by atoms with E-state index in [1.165, 1.54) is 5.56 Å². The Kier molecular flexibility index (Phi) is 5.09. The van der Waals surface area contributed by atoms with Gasteiger partial charge in [-0.1, -0.05) is 30.3 Å². The summed E-state index contributed by atoms with van der Waals surface area (Å²) in [5, 5.41) is 0.855. The van der Waals surface area contributed by atoms with Crippen molar-refractivity contribution in [3.63, 3.8) is 0 Å². The third kappa shape index (κ3) is 4.20. The molecule has 120 valence electrons. The van der Waals surface area contributed by atoms with Gasteiger partial charge in [-0.2, -0.15) is 0 Å². The van der Waals surface area contributed by atoms with E-state index in [4.69, 9.17) is 10.5 Å². The summed E-state index contributed by atoms with van der Waals surface area (Å²) in [6, 6.07) is 10.2. The number of nitrogens with two attached hydrogens (primary N) is 1. The highest BCUT2D eigenvalue weighted by Crippen LogP contribution is 2.23. The zero-order valence-corrected chi connectivity index (χ0v) is 13.4. The van der Waals surface area contributed by atoms with Gasteiger partial charge < -0.3 is 15.4 Å². The average Bonchev–Trinajstić information content (AvgIpc) is 2.61. The van der Waals surface area contributed by atoms with Crippen molar-refractivity contribution in [2.24, 2.45) is 5.73 Å². The fourth-order valence-electron chi connectivity index (χ4n) is 2.32. The molecule has 0 aliphatic carbocycles. The summed E-state index contributed by atoms with van der Waals surface area (Å²) in [5.41, 5.74) is 6.56. The number of benzene rings is 1. The van der Waals surface area contributed by atoms with Crippen molar-refractivity contribution in [1.29, 1.82) is 0 Å². The van der Waals surface area contributed by atoms with Crippen molar-refractivity contribution in [2.75, 3.05) is 24.6 Å². The van der Waals surface area contributed by atoms with Crippen LogP contribution in [0, 0.1) is 0 Å². The molecular weight excluding hydrogens is 312 g/mol. The topological polar surface area (TPSA) is 81.3 Å². The number of amides is 1. The first kappa shape index (κ1) is 15.8. The highest BCUT2D eigenvalue weighted by atomic mass is 32.2. The predicted octanol–water partition coefficient (Wildman–Crippen LogP) is 1.46. The van der Waals surface area contributed by atoms with Crippen LogP contribution >= 0.6 is 11.8 Å². The van der Waals surface area contributed by atoms with Crippen molar-refractivity contribution in [1.82, 2.24) is 9.97 Å². The number of ether oxygens (including phenoxy) is 1. The number of carbonyl (C=O) groups excluding carboxylic acids is 1. The highest BCUT2D eigenvalue weighted by Gasteiger charge is 2.25. The first-order valence-corrected chi connectivity index (χ1v) is 8.35. The summed E-state index contributed by atoms with van der Waals surface area (Å²) in [4.78, 5) is 22.2. The van der Waals surface area contributed by atoms with Gasteiger partial charge in [-0.25, -0.2) is 4.98 Å². The quantitative estimate of drug-likeness (QED) is 0.836. The van der Waals surface area contributed by atoms with Crippen LogP contribution in [0.5, 0.6) is 0 Å². The maximum atomic E-state index is 11.3. The van der Waals surface area contributed by atoms with Gasteiger partial charge in [0, 0.05) is 12.3 Å². The van der Waals surface area contributed by atoms with Crippen LogP contribution in [-0.4, -0.2) is 41.7 Å². The van der Waals surface area contributed by atoms with Gasteiger partial charge in [0.05, 0.1) is 25.5 Å². The van der Waals surface area contributed by atoms with Gasteiger partial charge >= 0.3 is 0 Å². The fraction of sp³-hybridized carbons (Fsp3) is 0.312. The molecule has 0 spiro atoms. The van der Waals surface area contributed by atoms with Gasteiger partial charge in [-0.05, 0) is 5.56 Å². The van der Waals surface area contributed by atoms with Crippen LogP contribution in [0.15, 0.2) is 47.8 Å². The number of rotatable bonds is 5. The Labute approximate surface area is 139 Å². The van der Waals surface area contributed by atoms with E-state index in [-0.39, 0.29) is 0 Å². The molecule has 1 atom stereocenters. The lowest BCUT2D eigenvalue weighted by atomic mass is 10.2. The van der Waals surface area contributed by atoms with Gasteiger partial charge in [0.1, 0.15) is 10.8 Å². The summed E-state index contributed by atoms with van der Waals surface area (Å²) in [7, 11) is 0. The Morgan fingerprint density at radius 1 is 1.35 bits per heavy atom. The van der Waals surface area contributed by atoms with Crippen molar-refractivity contribution in [3.8, 4) is 0 Å². The summed E-state index contributed by atoms with van der Waals surface area (Å²) in [6.45, 7) is 1.54. The molecule has 1 saturated heterocycles. The van der Waals surface area contributed by atoms with Crippen molar-refractivity contribution in [2.45, 2.75) is 16.9 Å². The molecule has 2 heterocycles. The van der Waals surface area contributed by atoms with E-state index >= 15 is 0 Å². The smallest absolute Gasteiger partial charge is 0.248 e. The number of carbonyl (C=O) groups is 1. The molecule has 23 heavy (non-hydrogen) atoms. The Hall–Kier alpha value is -2.12. The van der Waals surface area contributed by atoms with Crippen molar-refractivity contribution >= 4 is 23.5 Å². The van der Waals surface area contributed by atoms with Crippen LogP contribution in [0.4, 0.5) is 5.82 Å². The van der Waals surface area contributed by atoms with Crippen LogP contribution in [0.2, 0.25) is 0 Å². The van der Waals surface area contributed by atoms with E-state index in [0.29, 0.717) is 19.7 Å². The Balaban J connectivity index is 1.66. The lowest BCUT2D eigenvalue weighted by Gasteiger charge is -2.32. The molecule has 6 nitrogen and oxygen atoms in total. The largest absolute Gasteiger partial charge is 0.367 e. The molecule has 0 saturated carbocycles. The number of hydrogen-bond donors (Lipinski definition) is 1. The number of primary amides is 1. The molecule has 1 aromatic heterocycles. The molecule has 1 aliphatic heterocycles. The number of nitrogens with zero attached hydrogens (tertiary/aromatic N) is 3. The average molecular weight is 330 g/mol. The summed E-state index contributed by atoms with van der Waals surface area (Å²) < 4.78 is 5.36. The van der Waals surface area contributed by atoms with E-state index in [0.717, 1.165) is 16.6 Å². The summed E-state index contributed by atoms with van der Waals surface area (Å²) in [5.74, 6) is 1.14. The minimum Gasteiger partial charge on any atom is -0.367 e. The predicted molar refractivity (Wildman–Crippen MR) is 89.2 cm³/mol. The van der Waals surface area contributed by atoms with Gasteiger partial charge in [0.25, 0.3) is 0 Å². The molecule has 2 aromatic rings. The maximum Gasteiger partial charge on any atom is 0.248 e. The molecule has 0 radical (unpaired) electrons. The maximum absolute atomic E-state index is 11.3. The minimum atomic E-state index is -0.592. The van der Waals surface area contributed by atoms with Crippen LogP contribution in [0.25, 0.3) is 0 Å². The van der Waals surface area contributed by atoms with Crippen LogP contribution in [-0.2, 0) is 15.3 Å². The monoisotopic (exact) mass is 330 g/mol. The lowest BCUT2D eigenvalue weighted by Crippen LogP contribution is -2.48. The van der Waals surface area contributed by atoms with Gasteiger partial charge in [0.15, 0.2) is 6.10 Å². The Morgan fingerprint density at radius 3 is 2.96 bits per heavy atom.